The molecule has 6 heteroatoms. The molecule has 0 saturated heterocycles. The zero-order valence-electron chi connectivity index (χ0n) is 17.5. The molecule has 0 bridgehead atoms. The Bertz CT molecular complexity index is 649. The largest absolute Gasteiger partial charge is 0.366 e. The van der Waals surface area contributed by atoms with Crippen LogP contribution in [0.2, 0.25) is 0 Å². The summed E-state index contributed by atoms with van der Waals surface area (Å²) < 4.78 is 0. The number of carbonyl (C=O) groups is 1. The lowest BCUT2D eigenvalue weighted by molar-refractivity contribution is -0.114. The summed E-state index contributed by atoms with van der Waals surface area (Å²) in [6.07, 6.45) is 7.53. The van der Waals surface area contributed by atoms with E-state index in [1.807, 2.05) is 46.2 Å². The summed E-state index contributed by atoms with van der Waals surface area (Å²) in [5.41, 5.74) is 9.60. The fourth-order valence-electron chi connectivity index (χ4n) is 3.52. The van der Waals surface area contributed by atoms with Gasteiger partial charge in [-0.2, -0.15) is 0 Å². The highest BCUT2D eigenvalue weighted by Crippen LogP contribution is 2.29. The molecule has 0 aromatic rings. The molecule has 1 heterocycles. The summed E-state index contributed by atoms with van der Waals surface area (Å²) in [7, 11) is 3.94. The molecule has 1 rings (SSSR count). The van der Waals surface area contributed by atoms with Crippen molar-refractivity contribution in [1.82, 2.24) is 15.5 Å². The van der Waals surface area contributed by atoms with E-state index in [1.54, 1.807) is 0 Å². The van der Waals surface area contributed by atoms with Crippen LogP contribution in [-0.4, -0.2) is 44.2 Å². The lowest BCUT2D eigenvalue weighted by atomic mass is 9.87. The third-order valence-electron chi connectivity index (χ3n) is 5.04. The molecule has 2 unspecified atom stereocenters. The minimum absolute atomic E-state index is 0.168. The van der Waals surface area contributed by atoms with Crippen molar-refractivity contribution in [2.75, 3.05) is 27.3 Å². The van der Waals surface area contributed by atoms with E-state index in [-0.39, 0.29) is 11.9 Å². The van der Waals surface area contributed by atoms with Gasteiger partial charge >= 0.3 is 0 Å². The molecule has 0 fully saturated rings. The van der Waals surface area contributed by atoms with Crippen molar-refractivity contribution in [3.05, 3.63) is 45.7 Å². The molecule has 0 radical (unpaired) electrons. The molecular formula is C21H35ClN4O. The Balaban J connectivity index is 3.22. The van der Waals surface area contributed by atoms with Crippen LogP contribution in [0.4, 0.5) is 0 Å². The van der Waals surface area contributed by atoms with Crippen molar-refractivity contribution in [2.45, 2.75) is 46.6 Å². The lowest BCUT2D eigenvalue weighted by Crippen LogP contribution is -2.47. The minimum Gasteiger partial charge on any atom is -0.366 e. The van der Waals surface area contributed by atoms with Gasteiger partial charge in [-0.25, -0.2) is 0 Å². The number of rotatable bonds is 9. The normalized spacial score (nSPS) is 20.9. The first-order valence-electron chi connectivity index (χ1n) is 9.56. The molecule has 152 valence electrons. The SMILES string of the molecule is CC=C(Cl)C=C(C)C(CNC)CC1NCN(C)C(C(=CCC)C(N)=O)=C1C. The number of halogens is 1. The van der Waals surface area contributed by atoms with Crippen LogP contribution in [0, 0.1) is 5.92 Å². The Morgan fingerprint density at radius 3 is 2.70 bits per heavy atom. The number of amides is 1. The summed E-state index contributed by atoms with van der Waals surface area (Å²) in [5.74, 6) is -0.0468. The van der Waals surface area contributed by atoms with E-state index in [0.29, 0.717) is 18.2 Å². The molecule has 0 aromatic heterocycles. The molecule has 4 N–H and O–H groups in total. The van der Waals surface area contributed by atoms with Gasteiger partial charge in [-0.1, -0.05) is 36.2 Å². The summed E-state index contributed by atoms with van der Waals surface area (Å²) in [4.78, 5) is 14.1. The Labute approximate surface area is 169 Å². The van der Waals surface area contributed by atoms with Crippen molar-refractivity contribution >= 4 is 17.5 Å². The maximum atomic E-state index is 12.0. The first-order valence-corrected chi connectivity index (χ1v) is 9.94. The van der Waals surface area contributed by atoms with Crippen LogP contribution in [0.1, 0.15) is 40.5 Å². The highest BCUT2D eigenvalue weighted by atomic mass is 35.5. The zero-order chi connectivity index (χ0) is 20.6. The lowest BCUT2D eigenvalue weighted by Gasteiger charge is -2.37. The Kier molecular flexibility index (Phi) is 9.84. The predicted molar refractivity (Wildman–Crippen MR) is 115 cm³/mol. The number of carbonyl (C=O) groups excluding carboxylic acids is 1. The second-order valence-corrected chi connectivity index (χ2v) is 7.52. The van der Waals surface area contributed by atoms with E-state index in [1.165, 1.54) is 5.57 Å². The van der Waals surface area contributed by atoms with Gasteiger partial charge in [0.15, 0.2) is 0 Å². The number of nitrogens with zero attached hydrogens (tertiary/aromatic N) is 1. The summed E-state index contributed by atoms with van der Waals surface area (Å²) in [6.45, 7) is 9.69. The molecule has 1 aliphatic rings. The number of nitrogens with two attached hydrogens (primary N) is 1. The monoisotopic (exact) mass is 394 g/mol. The van der Waals surface area contributed by atoms with Crippen LogP contribution in [0.25, 0.3) is 0 Å². The Morgan fingerprint density at radius 2 is 2.19 bits per heavy atom. The second kappa shape index (κ2) is 11.3. The maximum Gasteiger partial charge on any atom is 0.250 e. The smallest absolute Gasteiger partial charge is 0.250 e. The molecule has 2 atom stereocenters. The molecule has 1 amide bonds. The topological polar surface area (TPSA) is 70.4 Å². The van der Waals surface area contributed by atoms with Crippen molar-refractivity contribution in [2.24, 2.45) is 11.7 Å². The first kappa shape index (κ1) is 23.5. The van der Waals surface area contributed by atoms with Gasteiger partial charge in [0.1, 0.15) is 0 Å². The van der Waals surface area contributed by atoms with E-state index >= 15 is 0 Å². The van der Waals surface area contributed by atoms with E-state index in [9.17, 15) is 4.79 Å². The summed E-state index contributed by atoms with van der Waals surface area (Å²) in [5, 5.41) is 7.61. The Morgan fingerprint density at radius 1 is 1.52 bits per heavy atom. The van der Waals surface area contributed by atoms with Crippen LogP contribution < -0.4 is 16.4 Å². The zero-order valence-corrected chi connectivity index (χ0v) is 18.3. The number of primary amides is 1. The molecular weight excluding hydrogens is 360 g/mol. The van der Waals surface area contributed by atoms with Crippen molar-refractivity contribution in [3.8, 4) is 0 Å². The van der Waals surface area contributed by atoms with Crippen LogP contribution in [0.5, 0.6) is 0 Å². The molecule has 0 saturated carbocycles. The summed E-state index contributed by atoms with van der Waals surface area (Å²) in [6, 6.07) is 0.168. The first-order chi connectivity index (χ1) is 12.8. The van der Waals surface area contributed by atoms with Gasteiger partial charge in [0.25, 0.3) is 0 Å². The molecule has 1 aliphatic heterocycles. The standard InChI is InChI=1S/C21H35ClN4O/c1-7-9-18(21(23)27)20-15(4)19(25-13-26(20)6)11-16(12-24-5)14(3)10-17(22)8-2/h8-10,16,19,24-25H,7,11-13H2,1-6H3,(H2,23,27). The Hall–Kier alpha value is -1.56. The second-order valence-electron chi connectivity index (χ2n) is 7.09. The van der Waals surface area contributed by atoms with E-state index in [4.69, 9.17) is 17.3 Å². The van der Waals surface area contributed by atoms with Crippen LogP contribution in [0.3, 0.4) is 0 Å². The van der Waals surface area contributed by atoms with E-state index in [0.717, 1.165) is 35.7 Å². The van der Waals surface area contributed by atoms with Gasteiger partial charge in [0, 0.05) is 24.7 Å². The van der Waals surface area contributed by atoms with Gasteiger partial charge < -0.3 is 16.0 Å². The van der Waals surface area contributed by atoms with Gasteiger partial charge in [-0.15, -0.1) is 0 Å². The van der Waals surface area contributed by atoms with Gasteiger partial charge in [0.2, 0.25) is 5.91 Å². The molecule has 0 spiro atoms. The van der Waals surface area contributed by atoms with Crippen LogP contribution in [0.15, 0.2) is 45.7 Å². The maximum absolute atomic E-state index is 12.0. The average Bonchev–Trinajstić information content (AvgIpc) is 2.62. The van der Waals surface area contributed by atoms with Crippen LogP contribution in [-0.2, 0) is 4.79 Å². The fourth-order valence-corrected chi connectivity index (χ4v) is 3.69. The van der Waals surface area contributed by atoms with Gasteiger partial charge in [-0.05, 0) is 58.2 Å². The number of hydrogen-bond donors (Lipinski definition) is 3. The minimum atomic E-state index is -0.374. The number of hydrogen-bond acceptors (Lipinski definition) is 4. The van der Waals surface area contributed by atoms with Gasteiger partial charge in [-0.3, -0.25) is 10.1 Å². The predicted octanol–water partition coefficient (Wildman–Crippen LogP) is 3.26. The number of nitrogens with one attached hydrogen (secondary N) is 2. The highest BCUT2D eigenvalue weighted by Gasteiger charge is 2.28. The van der Waals surface area contributed by atoms with Crippen molar-refractivity contribution in [1.29, 1.82) is 0 Å². The van der Waals surface area contributed by atoms with Crippen molar-refractivity contribution < 1.29 is 4.79 Å². The van der Waals surface area contributed by atoms with Gasteiger partial charge in [0.05, 0.1) is 17.9 Å². The molecule has 5 nitrogen and oxygen atoms in total. The number of likely N-dealkylation sites (N-methyl/N-ethyl adjacent to an activating group) is 1. The van der Waals surface area contributed by atoms with E-state index < -0.39 is 0 Å². The third-order valence-corrected chi connectivity index (χ3v) is 5.36. The summed E-state index contributed by atoms with van der Waals surface area (Å²) >= 11 is 6.20. The molecule has 0 aromatic carbocycles. The molecule has 27 heavy (non-hydrogen) atoms. The van der Waals surface area contributed by atoms with E-state index in [2.05, 4.69) is 29.4 Å². The third kappa shape index (κ3) is 6.52. The molecule has 0 aliphatic carbocycles. The fraction of sp³-hybridized carbons (Fsp3) is 0.571. The quantitative estimate of drug-likeness (QED) is 0.414. The van der Waals surface area contributed by atoms with Crippen molar-refractivity contribution in [3.63, 3.8) is 0 Å². The average molecular weight is 395 g/mol. The highest BCUT2D eigenvalue weighted by molar-refractivity contribution is 6.31. The van der Waals surface area contributed by atoms with Crippen LogP contribution >= 0.6 is 11.6 Å². The number of allylic oxidation sites excluding steroid dienone is 4.